The van der Waals surface area contributed by atoms with Crippen molar-refractivity contribution < 1.29 is 4.39 Å². The van der Waals surface area contributed by atoms with Gasteiger partial charge in [-0.15, -0.1) is 11.3 Å². The van der Waals surface area contributed by atoms with E-state index in [1.165, 1.54) is 12.1 Å². The Bertz CT molecular complexity index is 724. The van der Waals surface area contributed by atoms with Crippen LogP contribution in [0.4, 0.5) is 4.39 Å². The summed E-state index contributed by atoms with van der Waals surface area (Å²) in [7, 11) is 0. The topological polar surface area (TPSA) is 29.3 Å². The second-order valence-corrected chi connectivity index (χ2v) is 6.53. The Labute approximate surface area is 135 Å². The number of imidazole rings is 1. The lowest BCUT2D eigenvalue weighted by Crippen LogP contribution is -2.23. The number of hydrogen-bond acceptors (Lipinski definition) is 3. The van der Waals surface area contributed by atoms with Crippen molar-refractivity contribution >= 4 is 32.2 Å². The normalized spacial score (nSPS) is 12.9. The first-order valence-corrected chi connectivity index (χ1v) is 8.44. The van der Waals surface area contributed by atoms with Gasteiger partial charge < -0.3 is 5.32 Å². The van der Waals surface area contributed by atoms with Crippen LogP contribution in [0.5, 0.6) is 0 Å². The molecule has 0 bridgehead atoms. The smallest absolute Gasteiger partial charge is 0.193 e. The molecule has 1 N–H and O–H groups in total. The SMILES string of the molecule is CCNC(Cc1cn2ccsc2n1)c1ccc(F)cc1Br. The Kier molecular flexibility index (Phi) is 4.37. The van der Waals surface area contributed by atoms with Crippen LogP contribution in [0, 0.1) is 5.82 Å². The average Bonchev–Trinajstić information content (AvgIpc) is 2.99. The predicted octanol–water partition coefficient (Wildman–Crippen LogP) is 4.19. The molecule has 1 atom stereocenters. The molecule has 21 heavy (non-hydrogen) atoms. The van der Waals surface area contributed by atoms with Crippen molar-refractivity contribution in [2.24, 2.45) is 0 Å². The summed E-state index contributed by atoms with van der Waals surface area (Å²) in [4.78, 5) is 5.62. The molecular weight excluding hydrogens is 353 g/mol. The summed E-state index contributed by atoms with van der Waals surface area (Å²) in [6, 6.07) is 4.93. The van der Waals surface area contributed by atoms with Gasteiger partial charge in [-0.3, -0.25) is 4.40 Å². The van der Waals surface area contributed by atoms with Crippen molar-refractivity contribution in [2.75, 3.05) is 6.54 Å². The fraction of sp³-hybridized carbons (Fsp3) is 0.267. The van der Waals surface area contributed by atoms with Crippen molar-refractivity contribution in [2.45, 2.75) is 19.4 Å². The first-order chi connectivity index (χ1) is 10.2. The van der Waals surface area contributed by atoms with Crippen LogP contribution in [0.15, 0.2) is 40.4 Å². The highest BCUT2D eigenvalue weighted by molar-refractivity contribution is 9.10. The molecule has 0 fully saturated rings. The van der Waals surface area contributed by atoms with E-state index in [2.05, 4.69) is 33.2 Å². The number of nitrogens with one attached hydrogen (secondary N) is 1. The van der Waals surface area contributed by atoms with Crippen LogP contribution >= 0.6 is 27.3 Å². The van der Waals surface area contributed by atoms with E-state index in [0.29, 0.717) is 0 Å². The molecule has 2 aromatic heterocycles. The van der Waals surface area contributed by atoms with Gasteiger partial charge in [-0.05, 0) is 24.2 Å². The molecular formula is C15H15BrFN3S. The highest BCUT2D eigenvalue weighted by Gasteiger charge is 2.16. The minimum Gasteiger partial charge on any atom is -0.310 e. The fourth-order valence-corrected chi connectivity index (χ4v) is 3.75. The molecule has 0 aliphatic rings. The molecule has 1 aromatic carbocycles. The van der Waals surface area contributed by atoms with Crippen molar-refractivity contribution in [3.63, 3.8) is 0 Å². The van der Waals surface area contributed by atoms with Gasteiger partial charge in [0.15, 0.2) is 4.96 Å². The molecule has 0 amide bonds. The Morgan fingerprint density at radius 2 is 2.33 bits per heavy atom. The monoisotopic (exact) mass is 367 g/mol. The lowest BCUT2D eigenvalue weighted by molar-refractivity contribution is 0.541. The summed E-state index contributed by atoms with van der Waals surface area (Å²) in [5.74, 6) is -0.233. The molecule has 0 saturated carbocycles. The van der Waals surface area contributed by atoms with Crippen LogP contribution in [-0.4, -0.2) is 15.9 Å². The fourth-order valence-electron chi connectivity index (χ4n) is 2.41. The molecule has 0 radical (unpaired) electrons. The van der Waals surface area contributed by atoms with Gasteiger partial charge in [0, 0.05) is 34.7 Å². The third-order valence-corrected chi connectivity index (χ3v) is 4.80. The molecule has 2 heterocycles. The van der Waals surface area contributed by atoms with E-state index in [0.717, 1.165) is 33.7 Å². The van der Waals surface area contributed by atoms with Gasteiger partial charge >= 0.3 is 0 Å². The average molecular weight is 368 g/mol. The third-order valence-electron chi connectivity index (χ3n) is 3.34. The molecule has 3 aromatic rings. The van der Waals surface area contributed by atoms with Crippen molar-refractivity contribution in [3.8, 4) is 0 Å². The van der Waals surface area contributed by atoms with E-state index < -0.39 is 0 Å². The summed E-state index contributed by atoms with van der Waals surface area (Å²) >= 11 is 5.08. The standard InChI is InChI=1S/C15H15BrFN3S/c1-2-18-14(12-4-3-10(17)7-13(12)16)8-11-9-20-5-6-21-15(20)19-11/h3-7,9,14,18H,2,8H2,1H3. The number of fused-ring (bicyclic) bond motifs is 1. The second kappa shape index (κ2) is 6.25. The Balaban J connectivity index is 1.88. The Morgan fingerprint density at radius 1 is 1.48 bits per heavy atom. The largest absolute Gasteiger partial charge is 0.310 e. The first kappa shape index (κ1) is 14.7. The van der Waals surface area contributed by atoms with Crippen LogP contribution in [0.2, 0.25) is 0 Å². The van der Waals surface area contributed by atoms with Crippen LogP contribution < -0.4 is 5.32 Å². The minimum absolute atomic E-state index is 0.106. The van der Waals surface area contributed by atoms with Gasteiger partial charge in [0.1, 0.15) is 5.82 Å². The first-order valence-electron chi connectivity index (χ1n) is 6.76. The number of likely N-dealkylation sites (N-methyl/N-ethyl adjacent to an activating group) is 1. The van der Waals surface area contributed by atoms with E-state index >= 15 is 0 Å². The van der Waals surface area contributed by atoms with Gasteiger partial charge in [0.2, 0.25) is 0 Å². The lowest BCUT2D eigenvalue weighted by atomic mass is 10.0. The maximum Gasteiger partial charge on any atom is 0.193 e. The Morgan fingerprint density at radius 3 is 3.05 bits per heavy atom. The molecule has 3 rings (SSSR count). The molecule has 110 valence electrons. The number of benzene rings is 1. The zero-order valence-electron chi connectivity index (χ0n) is 11.5. The van der Waals surface area contributed by atoms with E-state index in [1.54, 1.807) is 11.3 Å². The van der Waals surface area contributed by atoms with E-state index in [1.807, 2.05) is 28.2 Å². The third kappa shape index (κ3) is 3.17. The van der Waals surface area contributed by atoms with E-state index in [-0.39, 0.29) is 11.9 Å². The Hall–Kier alpha value is -1.24. The molecule has 0 aliphatic carbocycles. The number of halogens is 2. The number of aromatic nitrogens is 2. The van der Waals surface area contributed by atoms with Crippen LogP contribution in [0.25, 0.3) is 4.96 Å². The maximum atomic E-state index is 13.3. The zero-order valence-corrected chi connectivity index (χ0v) is 13.9. The molecule has 3 nitrogen and oxygen atoms in total. The molecule has 1 unspecified atom stereocenters. The summed E-state index contributed by atoms with van der Waals surface area (Å²) in [5.41, 5.74) is 2.08. The number of rotatable bonds is 5. The summed E-state index contributed by atoms with van der Waals surface area (Å²) in [6.45, 7) is 2.91. The van der Waals surface area contributed by atoms with Gasteiger partial charge in [0.05, 0.1) is 5.69 Å². The molecule has 0 spiro atoms. The van der Waals surface area contributed by atoms with Crippen molar-refractivity contribution in [1.29, 1.82) is 0 Å². The molecule has 6 heteroatoms. The van der Waals surface area contributed by atoms with Crippen LogP contribution in [0.1, 0.15) is 24.2 Å². The van der Waals surface area contributed by atoms with Crippen molar-refractivity contribution in [3.05, 3.63) is 57.5 Å². The highest BCUT2D eigenvalue weighted by Crippen LogP contribution is 2.27. The second-order valence-electron chi connectivity index (χ2n) is 4.81. The van der Waals surface area contributed by atoms with Crippen molar-refractivity contribution in [1.82, 2.24) is 14.7 Å². The van der Waals surface area contributed by atoms with E-state index in [4.69, 9.17) is 0 Å². The number of hydrogen-bond donors (Lipinski definition) is 1. The lowest BCUT2D eigenvalue weighted by Gasteiger charge is -2.18. The quantitative estimate of drug-likeness (QED) is 0.732. The van der Waals surface area contributed by atoms with Gasteiger partial charge in [-0.25, -0.2) is 9.37 Å². The van der Waals surface area contributed by atoms with Gasteiger partial charge in [-0.1, -0.05) is 28.9 Å². The highest BCUT2D eigenvalue weighted by atomic mass is 79.9. The zero-order chi connectivity index (χ0) is 14.8. The number of nitrogens with zero attached hydrogens (tertiary/aromatic N) is 2. The van der Waals surface area contributed by atoms with Crippen LogP contribution in [-0.2, 0) is 6.42 Å². The van der Waals surface area contributed by atoms with Crippen LogP contribution in [0.3, 0.4) is 0 Å². The summed E-state index contributed by atoms with van der Waals surface area (Å²) < 4.78 is 16.1. The van der Waals surface area contributed by atoms with E-state index in [9.17, 15) is 4.39 Å². The minimum atomic E-state index is -0.233. The molecule has 0 aliphatic heterocycles. The van der Waals surface area contributed by atoms with Gasteiger partial charge in [0.25, 0.3) is 0 Å². The maximum absolute atomic E-state index is 13.3. The molecule has 0 saturated heterocycles. The summed E-state index contributed by atoms with van der Waals surface area (Å²) in [6.07, 6.45) is 4.83. The van der Waals surface area contributed by atoms with Gasteiger partial charge in [-0.2, -0.15) is 0 Å². The summed E-state index contributed by atoms with van der Waals surface area (Å²) in [5, 5.41) is 5.46. The predicted molar refractivity (Wildman–Crippen MR) is 87.3 cm³/mol. The number of thiazole rings is 1.